The Morgan fingerprint density at radius 1 is 0.206 bits per heavy atom. The fraction of sp³-hybridized carbons (Fsp3) is 0. The minimum atomic E-state index is 0.921. The molecule has 0 aliphatic rings. The summed E-state index contributed by atoms with van der Waals surface area (Å²) in [4.78, 5) is 5.42. The van der Waals surface area contributed by atoms with Gasteiger partial charge in [-0.05, 0) is 111 Å². The number of nitrogens with zero attached hydrogens (tertiary/aromatic N) is 3. The van der Waals surface area contributed by atoms with Crippen molar-refractivity contribution in [1.29, 1.82) is 0 Å². The van der Waals surface area contributed by atoms with Crippen molar-refractivity contribution in [3.63, 3.8) is 0 Å². The highest BCUT2D eigenvalue weighted by atomic mass is 15.0. The Kier molecular flexibility index (Phi) is 9.50. The van der Waals surface area contributed by atoms with Gasteiger partial charge in [-0.3, -0.25) is 0 Å². The van der Waals surface area contributed by atoms with E-state index in [-0.39, 0.29) is 0 Å². The molecule has 0 aliphatic carbocycles. The van der Waals surface area contributed by atoms with Crippen molar-refractivity contribution in [2.24, 2.45) is 0 Å². The Morgan fingerprint density at radius 2 is 0.559 bits per heavy atom. The SMILES string of the molecule is c1ccc(-c2cccc(-c3ccc(-c4cc(-c5ccc(-c6ccc(-n7c8ccccc8c8ccccc87)cc6)cc5)cc(-c5cccc(-n6c7ccccc7c7ccccc76)c5)n4)cc3)c2)cc1. The molecule has 3 aromatic heterocycles. The fourth-order valence-corrected chi connectivity index (χ4v) is 10.2. The van der Waals surface area contributed by atoms with E-state index < -0.39 is 0 Å². The standard InChI is InChI=1S/C65H43N3/c1-2-14-44(15-3-1)50-16-12-17-51(40-50)47-32-34-49(35-33-47)60-42-53(43-61(66-60)52-18-13-19-55(41-52)68-64-26-10-6-22-58(64)59-23-7-11-27-65(59)68)48-30-28-45(29-31-48)46-36-38-54(39-37-46)67-62-24-8-4-20-56(62)57-21-5-9-25-63(57)67/h1-43H. The molecule has 0 fully saturated rings. The third-order valence-corrected chi connectivity index (χ3v) is 13.5. The van der Waals surface area contributed by atoms with Gasteiger partial charge in [0.2, 0.25) is 0 Å². The van der Waals surface area contributed by atoms with Gasteiger partial charge in [0, 0.05) is 44.0 Å². The van der Waals surface area contributed by atoms with Crippen LogP contribution in [-0.4, -0.2) is 14.1 Å². The number of rotatable bonds is 8. The second-order valence-electron chi connectivity index (χ2n) is 17.6. The van der Waals surface area contributed by atoms with E-state index in [2.05, 4.69) is 270 Å². The summed E-state index contributed by atoms with van der Waals surface area (Å²) < 4.78 is 4.74. The first-order valence-electron chi connectivity index (χ1n) is 23.3. The quantitative estimate of drug-likeness (QED) is 0.149. The first kappa shape index (κ1) is 39.3. The predicted octanol–water partition coefficient (Wildman–Crippen LogP) is 17.3. The molecule has 0 amide bonds. The molecule has 0 radical (unpaired) electrons. The first-order valence-corrected chi connectivity index (χ1v) is 23.3. The molecule has 3 heteroatoms. The Balaban J connectivity index is 0.879. The summed E-state index contributed by atoms with van der Waals surface area (Å²) in [5.41, 5.74) is 20.4. The van der Waals surface area contributed by atoms with Crippen molar-refractivity contribution in [1.82, 2.24) is 14.1 Å². The molecular formula is C65H43N3. The molecule has 0 unspecified atom stereocenters. The van der Waals surface area contributed by atoms with Crippen molar-refractivity contribution in [3.05, 3.63) is 261 Å². The number of hydrogen-bond acceptors (Lipinski definition) is 1. The molecule has 68 heavy (non-hydrogen) atoms. The third-order valence-electron chi connectivity index (χ3n) is 13.5. The van der Waals surface area contributed by atoms with Gasteiger partial charge in [0.05, 0.1) is 33.5 Å². The van der Waals surface area contributed by atoms with Crippen LogP contribution in [0.25, 0.3) is 122 Å². The Bertz CT molecular complexity index is 3880. The summed E-state index contributed by atoms with van der Waals surface area (Å²) in [7, 11) is 0. The molecule has 0 bridgehead atoms. The second-order valence-corrected chi connectivity index (χ2v) is 17.6. The minimum absolute atomic E-state index is 0.921. The monoisotopic (exact) mass is 865 g/mol. The third kappa shape index (κ3) is 6.88. The molecule has 0 spiro atoms. The summed E-state index contributed by atoms with van der Waals surface area (Å²) in [5.74, 6) is 0. The lowest BCUT2D eigenvalue weighted by Gasteiger charge is -2.14. The highest BCUT2D eigenvalue weighted by Crippen LogP contribution is 2.37. The van der Waals surface area contributed by atoms with Crippen molar-refractivity contribution < 1.29 is 0 Å². The summed E-state index contributed by atoms with van der Waals surface area (Å²) in [6, 6.07) is 94.1. The van der Waals surface area contributed by atoms with Crippen molar-refractivity contribution in [3.8, 4) is 78.4 Å². The average Bonchev–Trinajstić information content (AvgIpc) is 3.94. The maximum atomic E-state index is 5.42. The van der Waals surface area contributed by atoms with E-state index in [4.69, 9.17) is 4.98 Å². The molecule has 3 nitrogen and oxygen atoms in total. The van der Waals surface area contributed by atoms with Crippen LogP contribution < -0.4 is 0 Å². The van der Waals surface area contributed by atoms with Crippen molar-refractivity contribution in [2.75, 3.05) is 0 Å². The Labute approximate surface area is 395 Å². The van der Waals surface area contributed by atoms with Gasteiger partial charge in [0.15, 0.2) is 0 Å². The number of aromatic nitrogens is 3. The van der Waals surface area contributed by atoms with Gasteiger partial charge >= 0.3 is 0 Å². The van der Waals surface area contributed by atoms with Crippen LogP contribution in [-0.2, 0) is 0 Å². The Morgan fingerprint density at radius 3 is 1.09 bits per heavy atom. The van der Waals surface area contributed by atoms with E-state index in [1.165, 1.54) is 77.0 Å². The number of fused-ring (bicyclic) bond motifs is 6. The zero-order valence-electron chi connectivity index (χ0n) is 37.2. The van der Waals surface area contributed by atoms with Crippen LogP contribution in [0.3, 0.4) is 0 Å². The molecule has 13 rings (SSSR count). The lowest BCUT2D eigenvalue weighted by Crippen LogP contribution is -1.96. The number of hydrogen-bond donors (Lipinski definition) is 0. The van der Waals surface area contributed by atoms with Gasteiger partial charge in [0.1, 0.15) is 0 Å². The lowest BCUT2D eigenvalue weighted by atomic mass is 9.96. The Hall–Kier alpha value is -9.05. The van der Waals surface area contributed by atoms with Crippen LogP contribution in [0.4, 0.5) is 0 Å². The van der Waals surface area contributed by atoms with Crippen LogP contribution >= 0.6 is 0 Å². The van der Waals surface area contributed by atoms with Crippen LogP contribution in [0.5, 0.6) is 0 Å². The van der Waals surface area contributed by atoms with Gasteiger partial charge in [-0.25, -0.2) is 4.98 Å². The van der Waals surface area contributed by atoms with E-state index in [0.717, 1.165) is 45.0 Å². The molecule has 3 heterocycles. The van der Waals surface area contributed by atoms with Gasteiger partial charge in [0.25, 0.3) is 0 Å². The summed E-state index contributed by atoms with van der Waals surface area (Å²) >= 11 is 0. The zero-order valence-corrected chi connectivity index (χ0v) is 37.2. The van der Waals surface area contributed by atoms with E-state index in [9.17, 15) is 0 Å². The lowest BCUT2D eigenvalue weighted by molar-refractivity contribution is 1.18. The minimum Gasteiger partial charge on any atom is -0.309 e. The average molecular weight is 866 g/mol. The molecule has 318 valence electrons. The van der Waals surface area contributed by atoms with Crippen LogP contribution in [0.2, 0.25) is 0 Å². The topological polar surface area (TPSA) is 22.8 Å². The number of pyridine rings is 1. The predicted molar refractivity (Wildman–Crippen MR) is 286 cm³/mol. The smallest absolute Gasteiger partial charge is 0.0716 e. The van der Waals surface area contributed by atoms with E-state index >= 15 is 0 Å². The molecule has 13 aromatic rings. The highest BCUT2D eigenvalue weighted by molar-refractivity contribution is 6.10. The van der Waals surface area contributed by atoms with Crippen LogP contribution in [0, 0.1) is 0 Å². The van der Waals surface area contributed by atoms with Crippen LogP contribution in [0.1, 0.15) is 0 Å². The van der Waals surface area contributed by atoms with Gasteiger partial charge in [-0.2, -0.15) is 0 Å². The maximum Gasteiger partial charge on any atom is 0.0716 e. The highest BCUT2D eigenvalue weighted by Gasteiger charge is 2.16. The second kappa shape index (κ2) is 16.4. The summed E-state index contributed by atoms with van der Waals surface area (Å²) in [5, 5.41) is 5.02. The van der Waals surface area contributed by atoms with Crippen LogP contribution in [0.15, 0.2) is 261 Å². The molecule has 0 saturated carbocycles. The summed E-state index contributed by atoms with van der Waals surface area (Å²) in [6.45, 7) is 0. The maximum absolute atomic E-state index is 5.42. The van der Waals surface area contributed by atoms with Gasteiger partial charge in [-0.1, -0.05) is 194 Å². The molecule has 0 atom stereocenters. The van der Waals surface area contributed by atoms with E-state index in [1.807, 2.05) is 0 Å². The largest absolute Gasteiger partial charge is 0.309 e. The van der Waals surface area contributed by atoms with Crippen molar-refractivity contribution in [2.45, 2.75) is 0 Å². The fourth-order valence-electron chi connectivity index (χ4n) is 10.2. The number of para-hydroxylation sites is 4. The van der Waals surface area contributed by atoms with E-state index in [1.54, 1.807) is 0 Å². The molecule has 10 aromatic carbocycles. The van der Waals surface area contributed by atoms with Gasteiger partial charge in [-0.15, -0.1) is 0 Å². The molecular weight excluding hydrogens is 823 g/mol. The van der Waals surface area contributed by atoms with Crippen molar-refractivity contribution >= 4 is 43.6 Å². The first-order chi connectivity index (χ1) is 33.7. The normalized spacial score (nSPS) is 11.5. The summed E-state index contributed by atoms with van der Waals surface area (Å²) in [6.07, 6.45) is 0. The molecule has 0 saturated heterocycles. The van der Waals surface area contributed by atoms with Gasteiger partial charge < -0.3 is 9.13 Å². The number of benzene rings is 10. The molecule has 0 aliphatic heterocycles. The molecule has 0 N–H and O–H groups in total. The van der Waals surface area contributed by atoms with E-state index in [0.29, 0.717) is 0 Å². The zero-order chi connectivity index (χ0) is 45.0.